The van der Waals surface area contributed by atoms with E-state index in [1.165, 1.54) is 24.0 Å². The van der Waals surface area contributed by atoms with E-state index in [1.54, 1.807) is 6.07 Å². The first-order chi connectivity index (χ1) is 14.2. The fraction of sp³-hybridized carbons (Fsp3) is 0.360. The van der Waals surface area contributed by atoms with Crippen molar-refractivity contribution in [3.05, 3.63) is 76.6 Å². The van der Waals surface area contributed by atoms with Crippen LogP contribution in [0, 0.1) is 5.82 Å². The van der Waals surface area contributed by atoms with Crippen LogP contribution in [0.4, 0.5) is 4.39 Å². The van der Waals surface area contributed by atoms with Crippen LogP contribution >= 0.6 is 0 Å². The van der Waals surface area contributed by atoms with Gasteiger partial charge in [-0.15, -0.1) is 0 Å². The van der Waals surface area contributed by atoms with E-state index in [0.29, 0.717) is 18.8 Å². The average Bonchev–Trinajstić information content (AvgIpc) is 3.43. The Hall–Kier alpha value is -2.43. The van der Waals surface area contributed by atoms with Crippen molar-refractivity contribution in [1.29, 1.82) is 0 Å². The first kappa shape index (κ1) is 18.6. The second-order valence-corrected chi connectivity index (χ2v) is 8.07. The number of nitrogens with zero attached hydrogens (tertiary/aromatic N) is 1. The van der Waals surface area contributed by atoms with E-state index in [4.69, 9.17) is 9.47 Å². The van der Waals surface area contributed by atoms with Gasteiger partial charge in [-0.2, -0.15) is 0 Å². The standard InChI is InChI=1S/C25H26FNO2/c1-17(27-9-2-3-10-27)18-5-6-19-14-22(15-21(19)13-18)23-8-7-20(16-24(23)26)25-28-11-4-12-29-25/h5-8,13,15-16,25H,1-4,9-12,14H2. The van der Waals surface area contributed by atoms with Crippen LogP contribution in [0.3, 0.4) is 0 Å². The molecule has 3 aliphatic rings. The molecule has 2 aromatic carbocycles. The van der Waals surface area contributed by atoms with Crippen LogP contribution in [0.5, 0.6) is 0 Å². The highest BCUT2D eigenvalue weighted by atomic mass is 19.1. The number of allylic oxidation sites excluding steroid dienone is 1. The van der Waals surface area contributed by atoms with Gasteiger partial charge in [0.15, 0.2) is 6.29 Å². The lowest BCUT2D eigenvalue weighted by atomic mass is 10.0. The minimum absolute atomic E-state index is 0.221. The summed E-state index contributed by atoms with van der Waals surface area (Å²) < 4.78 is 26.1. The first-order valence-corrected chi connectivity index (χ1v) is 10.5. The monoisotopic (exact) mass is 391 g/mol. The Bertz CT molecular complexity index is 969. The van der Waals surface area contributed by atoms with Gasteiger partial charge in [0.05, 0.1) is 13.2 Å². The normalized spacial score (nSPS) is 19.3. The van der Waals surface area contributed by atoms with Crippen molar-refractivity contribution >= 4 is 17.3 Å². The molecule has 0 amide bonds. The third-order valence-electron chi connectivity index (χ3n) is 6.12. The maximum Gasteiger partial charge on any atom is 0.183 e. The molecule has 0 bridgehead atoms. The molecule has 2 saturated heterocycles. The summed E-state index contributed by atoms with van der Waals surface area (Å²) in [6.07, 6.45) is 5.76. The fourth-order valence-corrected chi connectivity index (χ4v) is 4.47. The van der Waals surface area contributed by atoms with Crippen molar-refractivity contribution in [2.45, 2.75) is 32.0 Å². The first-order valence-electron chi connectivity index (χ1n) is 10.5. The lowest BCUT2D eigenvalue weighted by molar-refractivity contribution is -0.183. The zero-order chi connectivity index (χ0) is 19.8. The molecule has 2 heterocycles. The molecule has 0 aromatic heterocycles. The number of hydrogen-bond acceptors (Lipinski definition) is 3. The van der Waals surface area contributed by atoms with E-state index in [-0.39, 0.29) is 5.82 Å². The Morgan fingerprint density at radius 2 is 1.79 bits per heavy atom. The van der Waals surface area contributed by atoms with Crippen molar-refractivity contribution in [1.82, 2.24) is 4.90 Å². The van der Waals surface area contributed by atoms with Gasteiger partial charge >= 0.3 is 0 Å². The van der Waals surface area contributed by atoms with Crippen LogP contribution in [-0.4, -0.2) is 31.2 Å². The quantitative estimate of drug-likeness (QED) is 0.694. The topological polar surface area (TPSA) is 21.7 Å². The summed E-state index contributed by atoms with van der Waals surface area (Å²) in [5, 5.41) is 0. The minimum Gasteiger partial charge on any atom is -0.372 e. The summed E-state index contributed by atoms with van der Waals surface area (Å²) in [6, 6.07) is 11.8. The van der Waals surface area contributed by atoms with Gasteiger partial charge in [0, 0.05) is 29.9 Å². The third kappa shape index (κ3) is 3.63. The summed E-state index contributed by atoms with van der Waals surface area (Å²) in [5.41, 5.74) is 7.06. The number of benzene rings is 2. The molecule has 0 unspecified atom stereocenters. The zero-order valence-electron chi connectivity index (χ0n) is 16.6. The molecule has 0 radical (unpaired) electrons. The van der Waals surface area contributed by atoms with E-state index in [0.717, 1.165) is 48.3 Å². The molecule has 2 aliphatic heterocycles. The molecular weight excluding hydrogens is 365 g/mol. The molecule has 0 saturated carbocycles. The van der Waals surface area contributed by atoms with Gasteiger partial charge in [0.25, 0.3) is 0 Å². The third-order valence-corrected chi connectivity index (χ3v) is 6.12. The van der Waals surface area contributed by atoms with E-state index < -0.39 is 6.29 Å². The molecule has 3 nitrogen and oxygen atoms in total. The molecule has 0 spiro atoms. The van der Waals surface area contributed by atoms with Crippen LogP contribution in [0.25, 0.3) is 17.3 Å². The van der Waals surface area contributed by atoms with Crippen molar-refractivity contribution in [2.75, 3.05) is 26.3 Å². The van der Waals surface area contributed by atoms with Crippen molar-refractivity contribution < 1.29 is 13.9 Å². The van der Waals surface area contributed by atoms with E-state index in [1.807, 2.05) is 12.1 Å². The highest BCUT2D eigenvalue weighted by Gasteiger charge is 2.22. The smallest absolute Gasteiger partial charge is 0.183 e. The number of rotatable bonds is 4. The number of hydrogen-bond donors (Lipinski definition) is 0. The molecule has 0 N–H and O–H groups in total. The Morgan fingerprint density at radius 3 is 2.55 bits per heavy atom. The Labute approximate surface area is 171 Å². The summed E-state index contributed by atoms with van der Waals surface area (Å²) >= 11 is 0. The molecule has 4 heteroatoms. The Morgan fingerprint density at radius 1 is 1.00 bits per heavy atom. The minimum atomic E-state index is -0.457. The van der Waals surface area contributed by atoms with Gasteiger partial charge in [-0.25, -0.2) is 4.39 Å². The molecule has 29 heavy (non-hydrogen) atoms. The molecular formula is C25H26FNO2. The predicted molar refractivity (Wildman–Crippen MR) is 114 cm³/mol. The molecule has 2 aromatic rings. The SMILES string of the molecule is C=C(c1ccc2c(c1)C=C(c1ccc(C3OCCCO3)cc1F)C2)N1CCCC1. The van der Waals surface area contributed by atoms with Gasteiger partial charge in [0.2, 0.25) is 0 Å². The number of ether oxygens (including phenoxy) is 2. The maximum absolute atomic E-state index is 14.9. The van der Waals surface area contributed by atoms with Crippen LogP contribution in [0.1, 0.15) is 53.4 Å². The Kier molecular flexibility index (Phi) is 4.98. The van der Waals surface area contributed by atoms with Crippen LogP contribution in [0.2, 0.25) is 0 Å². The molecule has 2 fully saturated rings. The predicted octanol–water partition coefficient (Wildman–Crippen LogP) is 5.42. The van der Waals surface area contributed by atoms with Crippen LogP contribution in [0.15, 0.2) is 43.0 Å². The van der Waals surface area contributed by atoms with Crippen molar-refractivity contribution in [3.8, 4) is 0 Å². The van der Waals surface area contributed by atoms with Gasteiger partial charge < -0.3 is 14.4 Å². The average molecular weight is 391 g/mol. The largest absolute Gasteiger partial charge is 0.372 e. The molecule has 1 aliphatic carbocycles. The molecule has 5 rings (SSSR count). The van der Waals surface area contributed by atoms with Crippen LogP contribution < -0.4 is 0 Å². The summed E-state index contributed by atoms with van der Waals surface area (Å²) in [7, 11) is 0. The molecule has 150 valence electrons. The number of halogens is 1. The van der Waals surface area contributed by atoms with Gasteiger partial charge in [0.1, 0.15) is 5.82 Å². The summed E-state index contributed by atoms with van der Waals surface area (Å²) in [6.45, 7) is 7.78. The highest BCUT2D eigenvalue weighted by Crippen LogP contribution is 2.36. The zero-order valence-corrected chi connectivity index (χ0v) is 16.6. The maximum atomic E-state index is 14.9. The lowest BCUT2D eigenvalue weighted by Gasteiger charge is -2.23. The molecule has 0 atom stereocenters. The highest BCUT2D eigenvalue weighted by molar-refractivity contribution is 5.89. The van der Waals surface area contributed by atoms with E-state index in [9.17, 15) is 4.39 Å². The summed E-state index contributed by atoms with van der Waals surface area (Å²) in [4.78, 5) is 2.36. The second kappa shape index (κ2) is 7.77. The Balaban J connectivity index is 1.38. The van der Waals surface area contributed by atoms with E-state index >= 15 is 0 Å². The van der Waals surface area contributed by atoms with Gasteiger partial charge in [-0.3, -0.25) is 0 Å². The van der Waals surface area contributed by atoms with Crippen LogP contribution in [-0.2, 0) is 15.9 Å². The number of likely N-dealkylation sites (tertiary alicyclic amines) is 1. The van der Waals surface area contributed by atoms with Gasteiger partial charge in [-0.1, -0.05) is 36.9 Å². The summed E-state index contributed by atoms with van der Waals surface area (Å²) in [5.74, 6) is -0.221. The fourth-order valence-electron chi connectivity index (χ4n) is 4.47. The van der Waals surface area contributed by atoms with Crippen molar-refractivity contribution in [3.63, 3.8) is 0 Å². The van der Waals surface area contributed by atoms with E-state index in [2.05, 4.69) is 35.8 Å². The second-order valence-electron chi connectivity index (χ2n) is 8.07. The van der Waals surface area contributed by atoms with Gasteiger partial charge in [-0.05, 0) is 60.1 Å². The van der Waals surface area contributed by atoms with Crippen molar-refractivity contribution in [2.24, 2.45) is 0 Å². The lowest BCUT2D eigenvalue weighted by Crippen LogP contribution is -2.17. The number of fused-ring (bicyclic) bond motifs is 1.